The smallest absolute Gasteiger partial charge is 0.255 e. The van der Waals surface area contributed by atoms with Crippen LogP contribution in [0.25, 0.3) is 0 Å². The van der Waals surface area contributed by atoms with Crippen molar-refractivity contribution >= 4 is 5.91 Å². The number of rotatable bonds is 3. The van der Waals surface area contributed by atoms with E-state index >= 15 is 0 Å². The Morgan fingerprint density at radius 1 is 1.14 bits per heavy atom. The second kappa shape index (κ2) is 6.50. The van der Waals surface area contributed by atoms with E-state index in [1.807, 2.05) is 24.3 Å². The van der Waals surface area contributed by atoms with Gasteiger partial charge in [-0.15, -0.1) is 0 Å². The van der Waals surface area contributed by atoms with E-state index in [1.54, 1.807) is 7.11 Å². The Balaban J connectivity index is 1.93. The summed E-state index contributed by atoms with van der Waals surface area (Å²) in [5.74, 6) is 1.38. The first-order valence-corrected chi connectivity index (χ1v) is 7.85. The summed E-state index contributed by atoms with van der Waals surface area (Å²) < 4.78 is 5.26. The van der Waals surface area contributed by atoms with Crippen molar-refractivity contribution in [2.75, 3.05) is 7.11 Å². The summed E-state index contributed by atoms with van der Waals surface area (Å²) in [4.78, 5) is 12.4. The minimum atomic E-state index is -0.0216. The van der Waals surface area contributed by atoms with Gasteiger partial charge in [0.1, 0.15) is 5.75 Å². The van der Waals surface area contributed by atoms with Gasteiger partial charge in [-0.25, -0.2) is 0 Å². The monoisotopic (exact) mass is 289 g/mol. The van der Waals surface area contributed by atoms with Gasteiger partial charge in [-0.1, -0.05) is 32.9 Å². The molecule has 1 amide bonds. The fraction of sp³-hybridized carbons (Fsp3) is 0.611. The van der Waals surface area contributed by atoms with E-state index in [0.29, 0.717) is 22.8 Å². The lowest BCUT2D eigenvalue weighted by Crippen LogP contribution is -2.39. The Bertz CT molecular complexity index is 482. The molecule has 2 rings (SSSR count). The summed E-state index contributed by atoms with van der Waals surface area (Å²) in [6.07, 6.45) is 4.53. The van der Waals surface area contributed by atoms with Crippen LogP contribution in [0.15, 0.2) is 24.3 Å². The van der Waals surface area contributed by atoms with Gasteiger partial charge in [0, 0.05) is 6.04 Å². The average molecular weight is 289 g/mol. The van der Waals surface area contributed by atoms with E-state index in [1.165, 1.54) is 12.8 Å². The van der Waals surface area contributed by atoms with Crippen molar-refractivity contribution < 1.29 is 9.53 Å². The second-order valence-electron chi connectivity index (χ2n) is 7.09. The molecule has 1 aliphatic rings. The number of benzene rings is 1. The van der Waals surface area contributed by atoms with E-state index in [4.69, 9.17) is 4.74 Å². The molecule has 0 atom stereocenters. The van der Waals surface area contributed by atoms with Crippen LogP contribution in [0.3, 0.4) is 0 Å². The van der Waals surface area contributed by atoms with E-state index in [2.05, 4.69) is 26.1 Å². The lowest BCUT2D eigenvalue weighted by Gasteiger charge is -2.37. The molecule has 1 aromatic carbocycles. The van der Waals surface area contributed by atoms with E-state index in [9.17, 15) is 4.79 Å². The van der Waals surface area contributed by atoms with Crippen molar-refractivity contribution in [2.45, 2.75) is 52.5 Å². The molecular formula is C18H27NO2. The molecule has 0 bridgehead atoms. The Kier molecular flexibility index (Phi) is 4.92. The zero-order valence-corrected chi connectivity index (χ0v) is 13.6. The van der Waals surface area contributed by atoms with Crippen molar-refractivity contribution in [2.24, 2.45) is 11.3 Å². The van der Waals surface area contributed by atoms with Gasteiger partial charge in [-0.3, -0.25) is 4.79 Å². The average Bonchev–Trinajstić information content (AvgIpc) is 2.46. The normalized spacial score (nSPS) is 22.7. The molecule has 3 nitrogen and oxygen atoms in total. The molecule has 1 aliphatic carbocycles. The van der Waals surface area contributed by atoms with Crippen LogP contribution in [0.1, 0.15) is 56.8 Å². The van der Waals surface area contributed by atoms with Crippen molar-refractivity contribution in [1.82, 2.24) is 5.32 Å². The maximum Gasteiger partial charge on any atom is 0.255 e. The van der Waals surface area contributed by atoms with Crippen LogP contribution in [0.2, 0.25) is 0 Å². The summed E-state index contributed by atoms with van der Waals surface area (Å²) >= 11 is 0. The predicted molar refractivity (Wildman–Crippen MR) is 85.7 cm³/mol. The van der Waals surface area contributed by atoms with Crippen LogP contribution in [0.4, 0.5) is 0 Å². The number of hydrogen-bond acceptors (Lipinski definition) is 2. The van der Waals surface area contributed by atoms with Gasteiger partial charge in [0.15, 0.2) is 0 Å². The largest absolute Gasteiger partial charge is 0.496 e. The fourth-order valence-corrected chi connectivity index (χ4v) is 3.20. The van der Waals surface area contributed by atoms with Gasteiger partial charge in [0.25, 0.3) is 5.91 Å². The first-order chi connectivity index (χ1) is 9.91. The molecule has 0 radical (unpaired) electrons. The number of methoxy groups -OCH3 is 1. The van der Waals surface area contributed by atoms with Gasteiger partial charge >= 0.3 is 0 Å². The van der Waals surface area contributed by atoms with Crippen molar-refractivity contribution in [3.63, 3.8) is 0 Å². The quantitative estimate of drug-likeness (QED) is 0.912. The number of amides is 1. The van der Waals surface area contributed by atoms with Crippen molar-refractivity contribution in [3.8, 4) is 5.75 Å². The Morgan fingerprint density at radius 2 is 1.76 bits per heavy atom. The number of ether oxygens (including phenoxy) is 1. The molecule has 0 unspecified atom stereocenters. The molecule has 0 heterocycles. The van der Waals surface area contributed by atoms with Crippen molar-refractivity contribution in [1.29, 1.82) is 0 Å². The maximum absolute atomic E-state index is 12.4. The Hall–Kier alpha value is -1.51. The summed E-state index contributed by atoms with van der Waals surface area (Å²) in [5.41, 5.74) is 0.996. The third-order valence-corrected chi connectivity index (χ3v) is 4.64. The molecule has 0 spiro atoms. The molecule has 0 aliphatic heterocycles. The molecular weight excluding hydrogens is 262 g/mol. The molecule has 21 heavy (non-hydrogen) atoms. The minimum absolute atomic E-state index is 0.0216. The van der Waals surface area contributed by atoms with Crippen LogP contribution in [-0.2, 0) is 0 Å². The van der Waals surface area contributed by atoms with Gasteiger partial charge < -0.3 is 10.1 Å². The topological polar surface area (TPSA) is 38.3 Å². The molecule has 1 N–H and O–H groups in total. The van der Waals surface area contributed by atoms with E-state index in [-0.39, 0.29) is 5.91 Å². The summed E-state index contributed by atoms with van der Waals surface area (Å²) in [5, 5.41) is 3.16. The highest BCUT2D eigenvalue weighted by Crippen LogP contribution is 2.37. The third kappa shape index (κ3) is 3.99. The number of para-hydroxylation sites is 1. The van der Waals surface area contributed by atoms with Gasteiger partial charge in [-0.2, -0.15) is 0 Å². The van der Waals surface area contributed by atoms with Crippen LogP contribution in [0.5, 0.6) is 5.75 Å². The highest BCUT2D eigenvalue weighted by Gasteiger charge is 2.30. The zero-order chi connectivity index (χ0) is 15.5. The summed E-state index contributed by atoms with van der Waals surface area (Å²) in [6, 6.07) is 7.68. The third-order valence-electron chi connectivity index (χ3n) is 4.64. The molecule has 1 aromatic rings. The molecule has 0 aromatic heterocycles. The first-order valence-electron chi connectivity index (χ1n) is 7.85. The van der Waals surface area contributed by atoms with Crippen LogP contribution < -0.4 is 10.1 Å². The minimum Gasteiger partial charge on any atom is -0.496 e. The van der Waals surface area contributed by atoms with Gasteiger partial charge in [0.2, 0.25) is 0 Å². The lowest BCUT2D eigenvalue weighted by atomic mass is 9.71. The van der Waals surface area contributed by atoms with Gasteiger partial charge in [-0.05, 0) is 49.1 Å². The first kappa shape index (κ1) is 15.9. The molecule has 3 heteroatoms. The van der Waals surface area contributed by atoms with Gasteiger partial charge in [0.05, 0.1) is 12.7 Å². The standard InChI is InChI=1S/C18H27NO2/c1-18(2,3)13-9-11-14(12-10-13)19-17(20)15-7-5-6-8-16(15)21-4/h5-8,13-14H,9-12H2,1-4H3,(H,19,20). The van der Waals surface area contributed by atoms with Crippen LogP contribution in [0, 0.1) is 11.3 Å². The SMILES string of the molecule is COc1ccccc1C(=O)NC1CCC(C(C)(C)C)CC1. The van der Waals surface area contributed by atoms with Crippen LogP contribution >= 0.6 is 0 Å². The highest BCUT2D eigenvalue weighted by atomic mass is 16.5. The molecule has 1 fully saturated rings. The fourth-order valence-electron chi connectivity index (χ4n) is 3.20. The Labute approximate surface area is 128 Å². The van der Waals surface area contributed by atoms with Crippen molar-refractivity contribution in [3.05, 3.63) is 29.8 Å². The predicted octanol–water partition coefficient (Wildman–Crippen LogP) is 4.03. The number of carbonyl (C=O) groups excluding carboxylic acids is 1. The molecule has 116 valence electrons. The maximum atomic E-state index is 12.4. The summed E-state index contributed by atoms with van der Waals surface area (Å²) in [6.45, 7) is 6.93. The highest BCUT2D eigenvalue weighted by molar-refractivity contribution is 5.97. The number of nitrogens with one attached hydrogen (secondary N) is 1. The second-order valence-corrected chi connectivity index (χ2v) is 7.09. The van der Waals surface area contributed by atoms with E-state index < -0.39 is 0 Å². The molecule has 0 saturated heterocycles. The lowest BCUT2D eigenvalue weighted by molar-refractivity contribution is 0.0901. The Morgan fingerprint density at radius 3 is 2.33 bits per heavy atom. The van der Waals surface area contributed by atoms with Crippen LogP contribution in [-0.4, -0.2) is 19.1 Å². The summed E-state index contributed by atoms with van der Waals surface area (Å²) in [7, 11) is 1.60. The number of carbonyl (C=O) groups is 1. The zero-order valence-electron chi connectivity index (χ0n) is 13.6. The number of hydrogen-bond donors (Lipinski definition) is 1. The van der Waals surface area contributed by atoms with E-state index in [0.717, 1.165) is 18.8 Å². The molecule has 1 saturated carbocycles.